The van der Waals surface area contributed by atoms with Gasteiger partial charge in [-0.15, -0.1) is 0 Å². The monoisotopic (exact) mass is 345 g/mol. The summed E-state index contributed by atoms with van der Waals surface area (Å²) in [5.74, 6) is -0.291. The van der Waals surface area contributed by atoms with E-state index in [2.05, 4.69) is 10.6 Å². The third kappa shape index (κ3) is 5.55. The van der Waals surface area contributed by atoms with Crippen LogP contribution >= 0.6 is 0 Å². The topological polar surface area (TPSA) is 64.6 Å². The summed E-state index contributed by atoms with van der Waals surface area (Å²) in [6, 6.07) is 14.6. The number of nitrogens with zero attached hydrogens (tertiary/aromatic N) is 1. The number of halogens is 1. The number of carbonyl (C=O) groups excluding carboxylic acids is 1. The first-order chi connectivity index (χ1) is 12.0. The van der Waals surface area contributed by atoms with Gasteiger partial charge in [-0.3, -0.25) is 0 Å². The lowest BCUT2D eigenvalue weighted by Crippen LogP contribution is -2.42. The van der Waals surface area contributed by atoms with Crippen LogP contribution in [0.3, 0.4) is 0 Å². The number of amides is 2. The second-order valence-electron chi connectivity index (χ2n) is 6.03. The molecule has 0 aromatic heterocycles. The van der Waals surface area contributed by atoms with Crippen LogP contribution in [0.2, 0.25) is 0 Å². The molecule has 2 atom stereocenters. The maximum absolute atomic E-state index is 13.1. The SMILES string of the molecule is CN(C)C(CNC(=O)N[C@H](CO)c1ccccc1)c1ccc(F)cc1. The normalized spacial score (nSPS) is 13.3. The van der Waals surface area contributed by atoms with Crippen LogP contribution in [0.25, 0.3) is 0 Å². The molecule has 0 aliphatic heterocycles. The molecule has 0 radical (unpaired) electrons. The van der Waals surface area contributed by atoms with Gasteiger partial charge in [0.05, 0.1) is 18.7 Å². The van der Waals surface area contributed by atoms with E-state index in [0.717, 1.165) is 11.1 Å². The van der Waals surface area contributed by atoms with Crippen LogP contribution in [0.4, 0.5) is 9.18 Å². The Morgan fingerprint density at radius 1 is 1.08 bits per heavy atom. The molecule has 25 heavy (non-hydrogen) atoms. The Hall–Kier alpha value is -2.44. The Labute approximate surface area is 147 Å². The van der Waals surface area contributed by atoms with Gasteiger partial charge in [-0.05, 0) is 37.4 Å². The number of likely N-dealkylation sites (N-methyl/N-ethyl adjacent to an activating group) is 1. The lowest BCUT2D eigenvalue weighted by atomic mass is 10.1. The minimum atomic E-state index is -0.468. The van der Waals surface area contributed by atoms with E-state index in [-0.39, 0.29) is 24.5 Å². The molecule has 2 aromatic carbocycles. The van der Waals surface area contributed by atoms with Crippen molar-refractivity contribution in [3.63, 3.8) is 0 Å². The Kier molecular flexibility index (Phi) is 6.91. The van der Waals surface area contributed by atoms with Gasteiger partial charge in [0.25, 0.3) is 0 Å². The number of aliphatic hydroxyl groups is 1. The van der Waals surface area contributed by atoms with Gasteiger partial charge < -0.3 is 20.6 Å². The molecule has 0 heterocycles. The average molecular weight is 345 g/mol. The number of hydrogen-bond donors (Lipinski definition) is 3. The standard InChI is InChI=1S/C19H24FN3O2/c1-23(2)18(15-8-10-16(20)11-9-15)12-21-19(25)22-17(13-24)14-6-4-3-5-7-14/h3-11,17-18,24H,12-13H2,1-2H3,(H2,21,22,25)/t17-,18?/m1/s1. The highest BCUT2D eigenvalue weighted by atomic mass is 19.1. The Bertz CT molecular complexity index is 662. The first-order valence-electron chi connectivity index (χ1n) is 8.13. The van der Waals surface area contributed by atoms with E-state index in [1.165, 1.54) is 12.1 Å². The Balaban J connectivity index is 1.95. The van der Waals surface area contributed by atoms with Crippen molar-refractivity contribution < 1.29 is 14.3 Å². The summed E-state index contributed by atoms with van der Waals surface area (Å²) in [7, 11) is 3.79. The summed E-state index contributed by atoms with van der Waals surface area (Å²) in [4.78, 5) is 14.1. The number of aliphatic hydroxyl groups excluding tert-OH is 1. The van der Waals surface area contributed by atoms with Gasteiger partial charge in [0, 0.05) is 6.54 Å². The van der Waals surface area contributed by atoms with Gasteiger partial charge in [0.2, 0.25) is 0 Å². The molecule has 0 bridgehead atoms. The van der Waals surface area contributed by atoms with Crippen LogP contribution in [0, 0.1) is 5.82 Å². The van der Waals surface area contributed by atoms with Crippen molar-refractivity contribution in [3.8, 4) is 0 Å². The number of nitrogens with one attached hydrogen (secondary N) is 2. The quantitative estimate of drug-likeness (QED) is 0.722. The minimum absolute atomic E-state index is 0.0874. The van der Waals surface area contributed by atoms with Crippen molar-refractivity contribution >= 4 is 6.03 Å². The largest absolute Gasteiger partial charge is 0.394 e. The van der Waals surface area contributed by atoms with Gasteiger partial charge in [0.1, 0.15) is 5.82 Å². The fourth-order valence-corrected chi connectivity index (χ4v) is 2.60. The average Bonchev–Trinajstić information content (AvgIpc) is 2.61. The summed E-state index contributed by atoms with van der Waals surface area (Å²) in [5.41, 5.74) is 1.75. The van der Waals surface area contributed by atoms with Gasteiger partial charge >= 0.3 is 6.03 Å². The van der Waals surface area contributed by atoms with Gasteiger partial charge in [-0.2, -0.15) is 0 Å². The zero-order valence-corrected chi connectivity index (χ0v) is 14.4. The highest BCUT2D eigenvalue weighted by molar-refractivity contribution is 5.74. The summed E-state index contributed by atoms with van der Waals surface area (Å²) < 4.78 is 13.1. The van der Waals surface area contributed by atoms with Gasteiger partial charge in [-0.1, -0.05) is 42.5 Å². The van der Waals surface area contributed by atoms with Gasteiger partial charge in [0.15, 0.2) is 0 Å². The lowest BCUT2D eigenvalue weighted by Gasteiger charge is -2.26. The molecule has 0 fully saturated rings. The van der Waals surface area contributed by atoms with Crippen molar-refractivity contribution in [1.82, 2.24) is 15.5 Å². The molecule has 2 aromatic rings. The molecule has 0 saturated carbocycles. The van der Waals surface area contributed by atoms with E-state index in [0.29, 0.717) is 6.54 Å². The Morgan fingerprint density at radius 3 is 2.28 bits per heavy atom. The zero-order valence-electron chi connectivity index (χ0n) is 14.4. The second-order valence-corrected chi connectivity index (χ2v) is 6.03. The van der Waals surface area contributed by atoms with Crippen LogP contribution in [-0.4, -0.2) is 43.3 Å². The molecular weight excluding hydrogens is 321 g/mol. The molecule has 2 rings (SSSR count). The zero-order chi connectivity index (χ0) is 18.2. The van der Waals surface area contributed by atoms with E-state index in [9.17, 15) is 14.3 Å². The summed E-state index contributed by atoms with van der Waals surface area (Å²) in [6.45, 7) is 0.171. The van der Waals surface area contributed by atoms with E-state index in [1.807, 2.05) is 49.3 Å². The third-order valence-corrected chi connectivity index (χ3v) is 4.02. The van der Waals surface area contributed by atoms with E-state index in [4.69, 9.17) is 0 Å². The highest BCUT2D eigenvalue weighted by Crippen LogP contribution is 2.18. The van der Waals surface area contributed by atoms with Crippen molar-refractivity contribution in [1.29, 1.82) is 0 Å². The van der Waals surface area contributed by atoms with E-state index >= 15 is 0 Å². The molecule has 134 valence electrons. The van der Waals surface area contributed by atoms with Crippen molar-refractivity contribution in [2.45, 2.75) is 12.1 Å². The second kappa shape index (κ2) is 9.15. The smallest absolute Gasteiger partial charge is 0.315 e. The Morgan fingerprint density at radius 2 is 1.72 bits per heavy atom. The van der Waals surface area contributed by atoms with Crippen LogP contribution in [0.15, 0.2) is 54.6 Å². The maximum Gasteiger partial charge on any atom is 0.315 e. The predicted octanol–water partition coefficient (Wildman–Crippen LogP) is 2.46. The first-order valence-corrected chi connectivity index (χ1v) is 8.13. The van der Waals surface area contributed by atoms with E-state index in [1.54, 1.807) is 12.1 Å². The van der Waals surface area contributed by atoms with Crippen molar-refractivity contribution in [2.24, 2.45) is 0 Å². The molecule has 0 aliphatic rings. The maximum atomic E-state index is 13.1. The number of hydrogen-bond acceptors (Lipinski definition) is 3. The van der Waals surface area contributed by atoms with E-state index < -0.39 is 6.04 Å². The van der Waals surface area contributed by atoms with Crippen LogP contribution in [0.5, 0.6) is 0 Å². The first kappa shape index (κ1) is 18.9. The molecule has 0 aliphatic carbocycles. The van der Waals surface area contributed by atoms with Crippen LogP contribution in [-0.2, 0) is 0 Å². The third-order valence-electron chi connectivity index (χ3n) is 4.02. The van der Waals surface area contributed by atoms with Crippen molar-refractivity contribution in [2.75, 3.05) is 27.2 Å². The molecule has 3 N–H and O–H groups in total. The van der Waals surface area contributed by atoms with Gasteiger partial charge in [-0.25, -0.2) is 9.18 Å². The van der Waals surface area contributed by atoms with Crippen LogP contribution < -0.4 is 10.6 Å². The number of benzene rings is 2. The minimum Gasteiger partial charge on any atom is -0.394 e. The molecule has 6 heteroatoms. The molecular formula is C19H24FN3O2. The lowest BCUT2D eigenvalue weighted by molar-refractivity contribution is 0.212. The fourth-order valence-electron chi connectivity index (χ4n) is 2.60. The molecule has 0 spiro atoms. The number of carbonyl (C=O) groups is 1. The fraction of sp³-hybridized carbons (Fsp3) is 0.316. The number of rotatable bonds is 7. The van der Waals surface area contributed by atoms with Crippen LogP contribution in [0.1, 0.15) is 23.2 Å². The summed E-state index contributed by atoms with van der Waals surface area (Å²) >= 11 is 0. The molecule has 5 nitrogen and oxygen atoms in total. The molecule has 0 saturated heterocycles. The summed E-state index contributed by atoms with van der Waals surface area (Å²) in [6.07, 6.45) is 0. The predicted molar refractivity (Wildman–Crippen MR) is 95.6 cm³/mol. The molecule has 1 unspecified atom stereocenters. The number of urea groups is 1. The molecule has 2 amide bonds. The van der Waals surface area contributed by atoms with Crippen molar-refractivity contribution in [3.05, 3.63) is 71.5 Å². The summed E-state index contributed by atoms with van der Waals surface area (Å²) in [5, 5.41) is 15.1. The highest BCUT2D eigenvalue weighted by Gasteiger charge is 2.17.